The molecular formula is C17H26N2O2S. The molecule has 1 aromatic rings. The molecule has 0 aliphatic heterocycles. The van der Waals surface area contributed by atoms with E-state index < -0.39 is 0 Å². The summed E-state index contributed by atoms with van der Waals surface area (Å²) < 4.78 is 4.95. The first-order valence-corrected chi connectivity index (χ1v) is 8.17. The monoisotopic (exact) mass is 322 g/mol. The molecular weight excluding hydrogens is 296 g/mol. The maximum absolute atomic E-state index is 11.6. The SMILES string of the molecule is CCOC(=O)c1ccc(NC(=S)NC(C)CCC(C)C)cc1. The van der Waals surface area contributed by atoms with Gasteiger partial charge in [0.05, 0.1) is 12.2 Å². The number of carbonyl (C=O) groups excluding carboxylic acids is 1. The summed E-state index contributed by atoms with van der Waals surface area (Å²) in [7, 11) is 0. The summed E-state index contributed by atoms with van der Waals surface area (Å²) in [5, 5.41) is 6.99. The minimum Gasteiger partial charge on any atom is -0.462 e. The predicted molar refractivity (Wildman–Crippen MR) is 95.3 cm³/mol. The van der Waals surface area contributed by atoms with Crippen LogP contribution in [0.3, 0.4) is 0 Å². The van der Waals surface area contributed by atoms with Gasteiger partial charge in [-0.1, -0.05) is 13.8 Å². The molecule has 0 aromatic heterocycles. The van der Waals surface area contributed by atoms with Gasteiger partial charge in [-0.05, 0) is 69.1 Å². The topological polar surface area (TPSA) is 50.4 Å². The van der Waals surface area contributed by atoms with Gasteiger partial charge in [0, 0.05) is 11.7 Å². The molecule has 0 amide bonds. The summed E-state index contributed by atoms with van der Waals surface area (Å²) in [4.78, 5) is 11.6. The van der Waals surface area contributed by atoms with Crippen LogP contribution in [0, 0.1) is 5.92 Å². The predicted octanol–water partition coefficient (Wildman–Crippen LogP) is 3.97. The Bertz CT molecular complexity index is 486. The molecule has 1 unspecified atom stereocenters. The highest BCUT2D eigenvalue weighted by atomic mass is 32.1. The Balaban J connectivity index is 2.46. The van der Waals surface area contributed by atoms with Crippen LogP contribution >= 0.6 is 12.2 Å². The summed E-state index contributed by atoms with van der Waals surface area (Å²) >= 11 is 5.30. The molecule has 4 nitrogen and oxygen atoms in total. The molecule has 1 atom stereocenters. The standard InChI is InChI=1S/C17H26N2O2S/c1-5-21-16(20)14-8-10-15(11-9-14)19-17(22)18-13(4)7-6-12(2)3/h8-13H,5-7H2,1-4H3,(H2,18,19,22). The van der Waals surface area contributed by atoms with Crippen LogP contribution in [-0.4, -0.2) is 23.7 Å². The van der Waals surface area contributed by atoms with Crippen molar-refractivity contribution < 1.29 is 9.53 Å². The van der Waals surface area contributed by atoms with E-state index in [9.17, 15) is 4.79 Å². The van der Waals surface area contributed by atoms with Crippen molar-refractivity contribution in [3.05, 3.63) is 29.8 Å². The van der Waals surface area contributed by atoms with E-state index in [0.29, 0.717) is 29.2 Å². The fourth-order valence-electron chi connectivity index (χ4n) is 1.95. The van der Waals surface area contributed by atoms with Crippen molar-refractivity contribution in [3.8, 4) is 0 Å². The van der Waals surface area contributed by atoms with E-state index in [1.807, 2.05) is 12.1 Å². The fraction of sp³-hybridized carbons (Fsp3) is 0.529. The number of benzene rings is 1. The first-order valence-electron chi connectivity index (χ1n) is 7.77. The molecule has 22 heavy (non-hydrogen) atoms. The van der Waals surface area contributed by atoms with Gasteiger partial charge in [-0.25, -0.2) is 4.79 Å². The molecule has 0 fully saturated rings. The van der Waals surface area contributed by atoms with Crippen LogP contribution in [-0.2, 0) is 4.74 Å². The van der Waals surface area contributed by atoms with E-state index in [1.165, 1.54) is 6.42 Å². The van der Waals surface area contributed by atoms with E-state index in [0.717, 1.165) is 12.1 Å². The van der Waals surface area contributed by atoms with Crippen LogP contribution in [0.15, 0.2) is 24.3 Å². The van der Waals surface area contributed by atoms with Crippen molar-refractivity contribution in [2.75, 3.05) is 11.9 Å². The Hall–Kier alpha value is -1.62. The van der Waals surface area contributed by atoms with Gasteiger partial charge < -0.3 is 15.4 Å². The van der Waals surface area contributed by atoms with Crippen molar-refractivity contribution in [1.29, 1.82) is 0 Å². The average molecular weight is 322 g/mol. The van der Waals surface area contributed by atoms with Gasteiger partial charge in [0.1, 0.15) is 0 Å². The molecule has 0 aliphatic carbocycles. The van der Waals surface area contributed by atoms with Crippen LogP contribution in [0.4, 0.5) is 5.69 Å². The first kappa shape index (κ1) is 18.4. The van der Waals surface area contributed by atoms with Crippen molar-refractivity contribution in [1.82, 2.24) is 5.32 Å². The Labute approximate surface area is 138 Å². The normalized spacial score (nSPS) is 11.9. The van der Waals surface area contributed by atoms with Crippen LogP contribution in [0.2, 0.25) is 0 Å². The second kappa shape index (κ2) is 9.41. The maximum Gasteiger partial charge on any atom is 0.338 e. The Kier molecular flexibility index (Phi) is 7.88. The van der Waals surface area contributed by atoms with Crippen molar-refractivity contribution in [2.24, 2.45) is 5.92 Å². The van der Waals surface area contributed by atoms with Gasteiger partial charge in [-0.3, -0.25) is 0 Å². The third kappa shape index (κ3) is 6.89. The van der Waals surface area contributed by atoms with Gasteiger partial charge in [0.25, 0.3) is 0 Å². The molecule has 122 valence electrons. The highest BCUT2D eigenvalue weighted by Gasteiger charge is 2.08. The van der Waals surface area contributed by atoms with Gasteiger partial charge in [0.2, 0.25) is 0 Å². The van der Waals surface area contributed by atoms with E-state index in [1.54, 1.807) is 19.1 Å². The summed E-state index contributed by atoms with van der Waals surface area (Å²) in [6.45, 7) is 8.72. The lowest BCUT2D eigenvalue weighted by Gasteiger charge is -2.18. The molecule has 2 N–H and O–H groups in total. The van der Waals surface area contributed by atoms with E-state index in [4.69, 9.17) is 17.0 Å². The number of hydrogen-bond acceptors (Lipinski definition) is 3. The van der Waals surface area contributed by atoms with Gasteiger partial charge >= 0.3 is 5.97 Å². The summed E-state index contributed by atoms with van der Waals surface area (Å²) in [6.07, 6.45) is 2.26. The molecule has 0 bridgehead atoms. The highest BCUT2D eigenvalue weighted by Crippen LogP contribution is 2.11. The van der Waals surface area contributed by atoms with E-state index >= 15 is 0 Å². The van der Waals surface area contributed by atoms with Crippen LogP contribution in [0.25, 0.3) is 0 Å². The number of carbonyl (C=O) groups is 1. The first-order chi connectivity index (χ1) is 10.4. The molecule has 1 aromatic carbocycles. The molecule has 0 saturated heterocycles. The van der Waals surface area contributed by atoms with Crippen molar-refractivity contribution >= 4 is 29.0 Å². The largest absolute Gasteiger partial charge is 0.462 e. The average Bonchev–Trinajstić information content (AvgIpc) is 2.46. The Morgan fingerprint density at radius 1 is 1.18 bits per heavy atom. The lowest BCUT2D eigenvalue weighted by Crippen LogP contribution is -2.36. The molecule has 0 heterocycles. The number of ether oxygens (including phenoxy) is 1. The lowest BCUT2D eigenvalue weighted by atomic mass is 10.0. The molecule has 5 heteroatoms. The van der Waals surface area contributed by atoms with Crippen molar-refractivity contribution in [2.45, 2.75) is 46.6 Å². The van der Waals surface area contributed by atoms with Gasteiger partial charge in [0.15, 0.2) is 5.11 Å². The lowest BCUT2D eigenvalue weighted by molar-refractivity contribution is 0.0526. The zero-order valence-corrected chi connectivity index (χ0v) is 14.6. The van der Waals surface area contributed by atoms with Gasteiger partial charge in [-0.15, -0.1) is 0 Å². The number of esters is 1. The number of nitrogens with one attached hydrogen (secondary N) is 2. The second-order valence-corrected chi connectivity index (χ2v) is 6.18. The number of hydrogen-bond donors (Lipinski definition) is 2. The molecule has 0 saturated carbocycles. The van der Waals surface area contributed by atoms with Crippen molar-refractivity contribution in [3.63, 3.8) is 0 Å². The third-order valence-corrected chi connectivity index (χ3v) is 3.43. The van der Waals surface area contributed by atoms with E-state index in [-0.39, 0.29) is 5.97 Å². The number of rotatable bonds is 7. The number of anilines is 1. The third-order valence-electron chi connectivity index (χ3n) is 3.21. The summed E-state index contributed by atoms with van der Waals surface area (Å²) in [5.74, 6) is 0.387. The molecule has 0 radical (unpaired) electrons. The zero-order chi connectivity index (χ0) is 16.5. The molecule has 0 spiro atoms. The minimum atomic E-state index is -0.308. The summed E-state index contributed by atoms with van der Waals surface area (Å²) in [5.41, 5.74) is 1.39. The Morgan fingerprint density at radius 2 is 1.82 bits per heavy atom. The van der Waals surface area contributed by atoms with Gasteiger partial charge in [-0.2, -0.15) is 0 Å². The molecule has 1 rings (SSSR count). The quantitative estimate of drug-likeness (QED) is 0.587. The smallest absolute Gasteiger partial charge is 0.338 e. The van der Waals surface area contributed by atoms with E-state index in [2.05, 4.69) is 31.4 Å². The second-order valence-electron chi connectivity index (χ2n) is 5.77. The van der Waals surface area contributed by atoms with Crippen LogP contribution in [0.1, 0.15) is 50.9 Å². The zero-order valence-electron chi connectivity index (χ0n) is 13.8. The summed E-state index contributed by atoms with van der Waals surface area (Å²) in [6, 6.07) is 7.43. The molecule has 0 aliphatic rings. The minimum absolute atomic E-state index is 0.308. The number of thiocarbonyl (C=S) groups is 1. The van der Waals surface area contributed by atoms with Crippen LogP contribution in [0.5, 0.6) is 0 Å². The Morgan fingerprint density at radius 3 is 2.36 bits per heavy atom. The van der Waals surface area contributed by atoms with Crippen LogP contribution < -0.4 is 10.6 Å². The fourth-order valence-corrected chi connectivity index (χ4v) is 2.27. The highest BCUT2D eigenvalue weighted by molar-refractivity contribution is 7.80. The maximum atomic E-state index is 11.6.